The summed E-state index contributed by atoms with van der Waals surface area (Å²) in [6, 6.07) is 17.6. The van der Waals surface area contributed by atoms with Crippen molar-refractivity contribution in [3.8, 4) is 22.4 Å². The fourth-order valence-corrected chi connectivity index (χ4v) is 3.01. The Balaban J connectivity index is 0.00000272. The van der Waals surface area contributed by atoms with Gasteiger partial charge in [-0.2, -0.15) is 26.3 Å². The largest absolute Gasteiger partial charge is 0.433 e. The number of benzene rings is 2. The number of pyridine rings is 2. The first-order valence-electron chi connectivity index (χ1n) is 8.65. The minimum absolute atomic E-state index is 0. The maximum absolute atomic E-state index is 13.1. The first-order valence-corrected chi connectivity index (χ1v) is 8.65. The van der Waals surface area contributed by atoms with E-state index in [1.54, 1.807) is 12.3 Å². The molecule has 0 saturated carbocycles. The van der Waals surface area contributed by atoms with Gasteiger partial charge < -0.3 is 4.98 Å². The number of halogens is 6. The van der Waals surface area contributed by atoms with E-state index in [1.807, 2.05) is 24.3 Å². The third-order valence-electron chi connectivity index (χ3n) is 4.45. The molecule has 0 aliphatic heterocycles. The molecule has 0 bridgehead atoms. The zero-order valence-corrected chi connectivity index (χ0v) is 17.7. The second kappa shape index (κ2) is 8.40. The standard InChI is InChI=1S/C22H11F6N2.Ir/c23-21(24,25)19-10-17(11-20(30-19)22(26,27)28)13-6-3-7-15(8-13)18-9-14-4-1-2-5-16(14)12-29-18;/h1-6,8-12H;/q-1;. The van der Waals surface area contributed by atoms with Gasteiger partial charge in [0.05, 0.1) is 0 Å². The maximum Gasteiger partial charge on any atom is 0.433 e. The van der Waals surface area contributed by atoms with E-state index in [4.69, 9.17) is 0 Å². The Kier molecular flexibility index (Phi) is 6.21. The van der Waals surface area contributed by atoms with Crippen LogP contribution in [0.2, 0.25) is 0 Å². The molecule has 0 amide bonds. The summed E-state index contributed by atoms with van der Waals surface area (Å²) in [5.74, 6) is 0. The smallest absolute Gasteiger partial charge is 0.304 e. The van der Waals surface area contributed by atoms with E-state index >= 15 is 0 Å². The molecule has 0 unspecified atom stereocenters. The number of hydrogen-bond acceptors (Lipinski definition) is 2. The fraction of sp³-hybridized carbons (Fsp3) is 0.0909. The molecule has 0 spiro atoms. The normalized spacial score (nSPS) is 11.9. The molecule has 2 aromatic heterocycles. The summed E-state index contributed by atoms with van der Waals surface area (Å²) in [6.07, 6.45) is -8.39. The van der Waals surface area contributed by atoms with Crippen molar-refractivity contribution in [3.63, 3.8) is 0 Å². The van der Waals surface area contributed by atoms with Crippen molar-refractivity contribution in [2.45, 2.75) is 12.4 Å². The monoisotopic (exact) mass is 610 g/mol. The minimum Gasteiger partial charge on any atom is -0.304 e. The topological polar surface area (TPSA) is 25.8 Å². The first-order chi connectivity index (χ1) is 14.1. The van der Waals surface area contributed by atoms with Crippen molar-refractivity contribution < 1.29 is 46.4 Å². The summed E-state index contributed by atoms with van der Waals surface area (Å²) in [4.78, 5) is 7.07. The van der Waals surface area contributed by atoms with Gasteiger partial charge in [0.2, 0.25) is 0 Å². The van der Waals surface area contributed by atoms with Gasteiger partial charge in [-0.25, -0.2) is 4.98 Å². The number of aromatic nitrogens is 2. The molecule has 1 radical (unpaired) electrons. The molecule has 0 fully saturated rings. The maximum atomic E-state index is 13.1. The van der Waals surface area contributed by atoms with E-state index in [0.717, 1.165) is 10.8 Å². The van der Waals surface area contributed by atoms with Crippen molar-refractivity contribution in [1.29, 1.82) is 0 Å². The Morgan fingerprint density at radius 1 is 0.710 bits per heavy atom. The molecule has 0 atom stereocenters. The third-order valence-corrected chi connectivity index (χ3v) is 4.45. The summed E-state index contributed by atoms with van der Waals surface area (Å²) in [6.45, 7) is 0. The van der Waals surface area contributed by atoms with Crippen LogP contribution < -0.4 is 0 Å². The van der Waals surface area contributed by atoms with Gasteiger partial charge in [-0.15, -0.1) is 35.4 Å². The first kappa shape index (κ1) is 22.9. The molecule has 161 valence electrons. The molecule has 2 heterocycles. The zero-order valence-electron chi connectivity index (χ0n) is 15.3. The molecule has 0 aliphatic rings. The van der Waals surface area contributed by atoms with E-state index in [0.29, 0.717) is 23.4 Å². The Hall–Kier alpha value is -2.77. The third kappa shape index (κ3) is 4.94. The Morgan fingerprint density at radius 3 is 1.94 bits per heavy atom. The molecule has 2 aromatic carbocycles. The van der Waals surface area contributed by atoms with Crippen molar-refractivity contribution in [1.82, 2.24) is 9.97 Å². The zero-order chi connectivity index (χ0) is 21.5. The van der Waals surface area contributed by atoms with Crippen LogP contribution in [-0.4, -0.2) is 9.97 Å². The van der Waals surface area contributed by atoms with Crippen LogP contribution in [0.15, 0.2) is 66.9 Å². The minimum atomic E-state index is -5.01. The van der Waals surface area contributed by atoms with Crippen LogP contribution in [0.5, 0.6) is 0 Å². The van der Waals surface area contributed by atoms with Gasteiger partial charge in [0.1, 0.15) is 11.4 Å². The van der Waals surface area contributed by atoms with Crippen LogP contribution in [0.3, 0.4) is 0 Å². The fourth-order valence-electron chi connectivity index (χ4n) is 3.01. The molecular formula is C22H11F6IrN2-. The molecule has 0 saturated heterocycles. The van der Waals surface area contributed by atoms with Gasteiger partial charge in [-0.05, 0) is 34.2 Å². The van der Waals surface area contributed by atoms with Gasteiger partial charge in [0, 0.05) is 26.3 Å². The Labute approximate surface area is 186 Å². The predicted molar refractivity (Wildman–Crippen MR) is 99.3 cm³/mol. The molecular weight excluding hydrogens is 598 g/mol. The van der Waals surface area contributed by atoms with Gasteiger partial charge in [0.25, 0.3) is 0 Å². The summed E-state index contributed by atoms with van der Waals surface area (Å²) in [5.41, 5.74) is -2.36. The summed E-state index contributed by atoms with van der Waals surface area (Å²) < 4.78 is 78.6. The van der Waals surface area contributed by atoms with E-state index < -0.39 is 23.7 Å². The van der Waals surface area contributed by atoms with E-state index in [9.17, 15) is 26.3 Å². The summed E-state index contributed by atoms with van der Waals surface area (Å²) >= 11 is 0. The van der Waals surface area contributed by atoms with Crippen LogP contribution in [-0.2, 0) is 32.5 Å². The van der Waals surface area contributed by atoms with Gasteiger partial charge in [-0.3, -0.25) is 0 Å². The predicted octanol–water partition coefficient (Wildman–Crippen LogP) is 6.80. The molecule has 4 rings (SSSR count). The summed E-state index contributed by atoms with van der Waals surface area (Å²) in [7, 11) is 0. The van der Waals surface area contributed by atoms with E-state index in [2.05, 4.69) is 16.0 Å². The van der Waals surface area contributed by atoms with Gasteiger partial charge in [-0.1, -0.05) is 30.3 Å². The number of fused-ring (bicyclic) bond motifs is 1. The van der Waals surface area contributed by atoms with Crippen LogP contribution in [0, 0.1) is 6.07 Å². The van der Waals surface area contributed by atoms with Gasteiger partial charge in [0.15, 0.2) is 0 Å². The van der Waals surface area contributed by atoms with Gasteiger partial charge >= 0.3 is 12.4 Å². The quantitative estimate of drug-likeness (QED) is 0.185. The van der Waals surface area contributed by atoms with Crippen molar-refractivity contribution in [3.05, 3.63) is 84.3 Å². The van der Waals surface area contributed by atoms with Crippen molar-refractivity contribution in [2.24, 2.45) is 0 Å². The second-order valence-corrected chi connectivity index (χ2v) is 6.53. The van der Waals surface area contributed by atoms with Crippen molar-refractivity contribution >= 4 is 10.8 Å². The number of rotatable bonds is 2. The second-order valence-electron chi connectivity index (χ2n) is 6.53. The Bertz CT molecular complexity index is 1200. The number of nitrogens with zero attached hydrogens (tertiary/aromatic N) is 2. The van der Waals surface area contributed by atoms with Crippen molar-refractivity contribution in [2.75, 3.05) is 0 Å². The average molecular weight is 610 g/mol. The molecule has 0 N–H and O–H groups in total. The Morgan fingerprint density at radius 2 is 1.32 bits per heavy atom. The number of hydrogen-bond donors (Lipinski definition) is 0. The van der Waals surface area contributed by atoms with Crippen LogP contribution in [0.4, 0.5) is 26.3 Å². The molecule has 9 heteroatoms. The molecule has 0 aliphatic carbocycles. The van der Waals surface area contributed by atoms with E-state index in [-0.39, 0.29) is 31.2 Å². The SMILES string of the molecule is FC(F)(F)c1cc(-c2cc[c-]c(-c3cc4ccccc4cn3)c2)cc(C(F)(F)F)n1.[Ir]. The van der Waals surface area contributed by atoms with Crippen LogP contribution in [0.25, 0.3) is 33.2 Å². The molecule has 31 heavy (non-hydrogen) atoms. The molecule has 2 nitrogen and oxygen atoms in total. The van der Waals surface area contributed by atoms with Crippen LogP contribution >= 0.6 is 0 Å². The number of alkyl halides is 6. The average Bonchev–Trinajstić information content (AvgIpc) is 2.72. The van der Waals surface area contributed by atoms with E-state index in [1.165, 1.54) is 18.2 Å². The summed E-state index contributed by atoms with van der Waals surface area (Å²) in [5, 5.41) is 1.79. The van der Waals surface area contributed by atoms with Crippen LogP contribution in [0.1, 0.15) is 11.4 Å². The molecule has 4 aromatic rings.